The Balaban J connectivity index is 3.91. The van der Waals surface area contributed by atoms with Crippen molar-refractivity contribution in [3.8, 4) is 0 Å². The third-order valence-corrected chi connectivity index (χ3v) is 4.17. The van der Waals surface area contributed by atoms with Crippen LogP contribution < -0.4 is 5.32 Å². The summed E-state index contributed by atoms with van der Waals surface area (Å²) in [5, 5.41) is 3.08. The summed E-state index contributed by atoms with van der Waals surface area (Å²) in [5.41, 5.74) is -0.533. The van der Waals surface area contributed by atoms with Gasteiger partial charge >= 0.3 is 5.97 Å². The molecule has 0 heterocycles. The van der Waals surface area contributed by atoms with E-state index >= 15 is 0 Å². The zero-order valence-corrected chi connectivity index (χ0v) is 12.7. The largest absolute Gasteiger partial charge is 0.465 e. The van der Waals surface area contributed by atoms with E-state index in [0.717, 1.165) is 24.5 Å². The van der Waals surface area contributed by atoms with Crippen LogP contribution >= 0.6 is 11.8 Å². The zero-order chi connectivity index (χ0) is 13.3. The number of rotatable bonds is 9. The smallest absolute Gasteiger partial charge is 0.326 e. The van der Waals surface area contributed by atoms with E-state index in [1.54, 1.807) is 0 Å². The second-order valence-corrected chi connectivity index (χ2v) is 6.02. The average molecular weight is 261 g/mol. The van der Waals surface area contributed by atoms with Crippen LogP contribution in [-0.2, 0) is 9.53 Å². The molecule has 0 aromatic heterocycles. The minimum absolute atomic E-state index is 0.142. The molecule has 1 atom stereocenters. The first-order valence-corrected chi connectivity index (χ1v) is 7.55. The Morgan fingerprint density at radius 1 is 1.47 bits per heavy atom. The molecule has 0 aliphatic rings. The molecule has 1 unspecified atom stereocenters. The van der Waals surface area contributed by atoms with Gasteiger partial charge in [-0.15, -0.1) is 0 Å². The Labute approximate surface area is 110 Å². The molecule has 1 N–H and O–H groups in total. The number of esters is 1. The summed E-state index contributed by atoms with van der Waals surface area (Å²) in [5.74, 6) is 2.89. The maximum Gasteiger partial charge on any atom is 0.326 e. The minimum Gasteiger partial charge on any atom is -0.465 e. The van der Waals surface area contributed by atoms with Crippen molar-refractivity contribution in [2.24, 2.45) is 5.92 Å². The van der Waals surface area contributed by atoms with Crippen molar-refractivity contribution in [3.05, 3.63) is 0 Å². The molecule has 0 spiro atoms. The van der Waals surface area contributed by atoms with Gasteiger partial charge in [0.15, 0.2) is 0 Å². The van der Waals surface area contributed by atoms with Crippen molar-refractivity contribution >= 4 is 17.7 Å². The Kier molecular flexibility index (Phi) is 8.70. The molecular weight excluding hydrogens is 234 g/mol. The summed E-state index contributed by atoms with van der Waals surface area (Å²) >= 11 is 1.96. The molecular formula is C13H27NO2S. The first kappa shape index (κ1) is 16.8. The molecule has 3 nitrogen and oxygen atoms in total. The number of nitrogens with one attached hydrogen (secondary N) is 1. The average Bonchev–Trinajstić information content (AvgIpc) is 2.28. The van der Waals surface area contributed by atoms with Gasteiger partial charge in [0, 0.05) is 0 Å². The van der Waals surface area contributed by atoms with Crippen LogP contribution in [0.5, 0.6) is 0 Å². The van der Waals surface area contributed by atoms with E-state index in [0.29, 0.717) is 6.61 Å². The normalized spacial score (nSPS) is 14.7. The molecule has 0 aliphatic heterocycles. The number of thioether (sulfide) groups is 1. The van der Waals surface area contributed by atoms with Gasteiger partial charge in [0.2, 0.25) is 0 Å². The van der Waals surface area contributed by atoms with Crippen LogP contribution in [0.1, 0.15) is 40.5 Å². The van der Waals surface area contributed by atoms with Gasteiger partial charge in [-0.3, -0.25) is 4.79 Å². The maximum absolute atomic E-state index is 11.8. The van der Waals surface area contributed by atoms with Crippen molar-refractivity contribution in [3.63, 3.8) is 0 Å². The Bertz CT molecular complexity index is 221. The minimum atomic E-state index is -0.533. The number of likely N-dealkylation sites (N-methyl/N-ethyl adjacent to an activating group) is 1. The third-order valence-electron chi connectivity index (χ3n) is 2.69. The highest BCUT2D eigenvalue weighted by molar-refractivity contribution is 7.99. The lowest BCUT2D eigenvalue weighted by Gasteiger charge is -2.26. The Hall–Kier alpha value is -0.220. The predicted octanol–water partition coefficient (Wildman–Crippen LogP) is 2.70. The fourth-order valence-electron chi connectivity index (χ4n) is 1.47. The van der Waals surface area contributed by atoms with Crippen LogP contribution in [0.15, 0.2) is 0 Å². The summed E-state index contributed by atoms with van der Waals surface area (Å²) in [6.45, 7) is 8.65. The van der Waals surface area contributed by atoms with E-state index in [1.165, 1.54) is 5.75 Å². The van der Waals surface area contributed by atoms with Crippen LogP contribution in [0, 0.1) is 5.92 Å². The van der Waals surface area contributed by atoms with Crippen molar-refractivity contribution in [1.82, 2.24) is 5.32 Å². The summed E-state index contributed by atoms with van der Waals surface area (Å²) in [4.78, 5) is 11.8. The van der Waals surface area contributed by atoms with E-state index < -0.39 is 5.54 Å². The highest BCUT2D eigenvalue weighted by Crippen LogP contribution is 2.17. The lowest BCUT2D eigenvalue weighted by Crippen LogP contribution is -2.48. The molecule has 0 amide bonds. The van der Waals surface area contributed by atoms with Crippen LogP contribution in [0.3, 0.4) is 0 Å². The monoisotopic (exact) mass is 261 g/mol. The van der Waals surface area contributed by atoms with E-state index in [4.69, 9.17) is 4.74 Å². The second kappa shape index (κ2) is 8.81. The number of carbonyl (C=O) groups excluding carboxylic acids is 1. The Morgan fingerprint density at radius 2 is 2.12 bits per heavy atom. The van der Waals surface area contributed by atoms with Gasteiger partial charge in [-0.2, -0.15) is 11.8 Å². The number of hydrogen-bond acceptors (Lipinski definition) is 4. The summed E-state index contributed by atoms with van der Waals surface area (Å²) in [7, 11) is 1.82. The van der Waals surface area contributed by atoms with Gasteiger partial charge in [0.1, 0.15) is 5.54 Å². The molecule has 0 saturated carbocycles. The van der Waals surface area contributed by atoms with Crippen molar-refractivity contribution < 1.29 is 9.53 Å². The molecule has 0 aliphatic carbocycles. The summed E-state index contributed by atoms with van der Waals surface area (Å²) in [6.07, 6.45) is 1.86. The number of ether oxygens (including phenoxy) is 1. The zero-order valence-electron chi connectivity index (χ0n) is 11.8. The van der Waals surface area contributed by atoms with E-state index in [1.807, 2.05) is 32.7 Å². The fourth-order valence-corrected chi connectivity index (χ4v) is 2.45. The standard InChI is InChI=1S/C13H27NO2S/c1-6-16-12(15)13(4,14-5)8-7-9-17-10-11(2)3/h11,14H,6-10H2,1-5H3. The number of hydrogen-bond donors (Lipinski definition) is 1. The first-order valence-electron chi connectivity index (χ1n) is 6.40. The molecule has 102 valence electrons. The van der Waals surface area contributed by atoms with Gasteiger partial charge in [0.25, 0.3) is 0 Å². The first-order chi connectivity index (χ1) is 7.96. The van der Waals surface area contributed by atoms with Crippen LogP contribution in [0.2, 0.25) is 0 Å². The molecule has 0 aromatic carbocycles. The lowest BCUT2D eigenvalue weighted by atomic mass is 9.97. The maximum atomic E-state index is 11.8. The Morgan fingerprint density at radius 3 is 2.59 bits per heavy atom. The molecule has 0 radical (unpaired) electrons. The van der Waals surface area contributed by atoms with E-state index in [2.05, 4.69) is 19.2 Å². The van der Waals surface area contributed by atoms with Crippen LogP contribution in [-0.4, -0.2) is 36.7 Å². The number of carbonyl (C=O) groups is 1. The SMILES string of the molecule is CCOC(=O)C(C)(CCCSCC(C)C)NC. The van der Waals surface area contributed by atoms with Gasteiger partial charge in [0.05, 0.1) is 6.61 Å². The molecule has 0 rings (SSSR count). The highest BCUT2D eigenvalue weighted by atomic mass is 32.2. The molecule has 0 saturated heterocycles. The quantitative estimate of drug-likeness (QED) is 0.511. The van der Waals surface area contributed by atoms with Crippen molar-refractivity contribution in [2.75, 3.05) is 25.2 Å². The van der Waals surface area contributed by atoms with Crippen molar-refractivity contribution in [2.45, 2.75) is 46.1 Å². The molecule has 4 heteroatoms. The molecule has 0 aromatic rings. The van der Waals surface area contributed by atoms with Crippen molar-refractivity contribution in [1.29, 1.82) is 0 Å². The van der Waals surface area contributed by atoms with Gasteiger partial charge in [-0.25, -0.2) is 0 Å². The highest BCUT2D eigenvalue weighted by Gasteiger charge is 2.32. The summed E-state index contributed by atoms with van der Waals surface area (Å²) in [6, 6.07) is 0. The molecule has 17 heavy (non-hydrogen) atoms. The van der Waals surface area contributed by atoms with Gasteiger partial charge in [-0.05, 0) is 51.2 Å². The van der Waals surface area contributed by atoms with Crippen LogP contribution in [0.25, 0.3) is 0 Å². The van der Waals surface area contributed by atoms with Gasteiger partial charge in [-0.1, -0.05) is 13.8 Å². The predicted molar refractivity (Wildman–Crippen MR) is 75.5 cm³/mol. The molecule has 0 fully saturated rings. The molecule has 0 bridgehead atoms. The van der Waals surface area contributed by atoms with Gasteiger partial charge < -0.3 is 10.1 Å². The van der Waals surface area contributed by atoms with Crippen LogP contribution in [0.4, 0.5) is 0 Å². The fraction of sp³-hybridized carbons (Fsp3) is 0.923. The van der Waals surface area contributed by atoms with E-state index in [-0.39, 0.29) is 5.97 Å². The summed E-state index contributed by atoms with van der Waals surface area (Å²) < 4.78 is 5.08. The topological polar surface area (TPSA) is 38.3 Å². The second-order valence-electron chi connectivity index (χ2n) is 4.87. The lowest BCUT2D eigenvalue weighted by molar-refractivity contribution is -0.150. The van der Waals surface area contributed by atoms with E-state index in [9.17, 15) is 4.79 Å². The third kappa shape index (κ3) is 6.94.